The molecule has 1 heterocycles. The third-order valence-corrected chi connectivity index (χ3v) is 4.49. The number of amides is 1. The van der Waals surface area contributed by atoms with Crippen LogP contribution in [0.5, 0.6) is 0 Å². The quantitative estimate of drug-likeness (QED) is 0.759. The summed E-state index contributed by atoms with van der Waals surface area (Å²) in [6, 6.07) is 0.970. The van der Waals surface area contributed by atoms with E-state index in [2.05, 4.69) is 5.32 Å². The zero-order chi connectivity index (χ0) is 16.4. The molecule has 9 heteroatoms. The number of aromatic carboxylic acids is 1. The number of nitrogens with one attached hydrogen (secondary N) is 1. The smallest absolute Gasteiger partial charge is 0.352 e. The molecule has 0 aliphatic carbocycles. The van der Waals surface area contributed by atoms with Crippen LogP contribution in [0.25, 0.3) is 0 Å². The van der Waals surface area contributed by atoms with Gasteiger partial charge < -0.3 is 15.0 Å². The molecule has 0 bridgehead atoms. The fraction of sp³-hybridized carbons (Fsp3) is 0.500. The summed E-state index contributed by atoms with van der Waals surface area (Å²) in [5, 5.41) is 11.5. The summed E-state index contributed by atoms with van der Waals surface area (Å²) < 4.78 is 26.6. The number of carbonyl (C=O) groups excluding carboxylic acids is 1. The molecule has 0 spiro atoms. The molecule has 1 aromatic heterocycles. The fourth-order valence-electron chi connectivity index (χ4n) is 1.72. The third kappa shape index (κ3) is 4.05. The predicted molar refractivity (Wildman–Crippen MR) is 75.5 cm³/mol. The number of carbonyl (C=O) groups is 2. The second kappa shape index (κ2) is 6.27. The van der Waals surface area contributed by atoms with Crippen molar-refractivity contribution in [3.05, 3.63) is 18.0 Å². The molecule has 1 amide bonds. The second-order valence-corrected chi connectivity index (χ2v) is 7.01. The molecule has 0 aliphatic heterocycles. The summed E-state index contributed by atoms with van der Waals surface area (Å²) >= 11 is 0. The van der Waals surface area contributed by atoms with E-state index in [4.69, 9.17) is 5.11 Å². The summed E-state index contributed by atoms with van der Waals surface area (Å²) in [4.78, 5) is 22.4. The average molecular weight is 317 g/mol. The Labute approximate surface area is 123 Å². The molecule has 0 radical (unpaired) electrons. The minimum Gasteiger partial charge on any atom is -0.477 e. The Hall–Kier alpha value is -1.87. The first-order valence-electron chi connectivity index (χ1n) is 6.21. The highest BCUT2D eigenvalue weighted by Crippen LogP contribution is 2.17. The van der Waals surface area contributed by atoms with E-state index in [1.165, 1.54) is 24.9 Å². The first kappa shape index (κ1) is 17.2. The number of aromatic nitrogens is 1. The molecule has 0 saturated heterocycles. The molecule has 0 aromatic carbocycles. The number of hydrogen-bond donors (Lipinski definition) is 2. The predicted octanol–water partition coefficient (Wildman–Crippen LogP) is -0.132. The monoisotopic (exact) mass is 317 g/mol. The van der Waals surface area contributed by atoms with Crippen molar-refractivity contribution in [3.8, 4) is 0 Å². The lowest BCUT2D eigenvalue weighted by molar-refractivity contribution is -0.121. The Morgan fingerprint density at radius 3 is 2.43 bits per heavy atom. The lowest BCUT2D eigenvalue weighted by Gasteiger charge is -2.17. The van der Waals surface area contributed by atoms with E-state index in [0.29, 0.717) is 0 Å². The minimum absolute atomic E-state index is 0.0936. The molecule has 0 atom stereocenters. The number of rotatable bonds is 6. The van der Waals surface area contributed by atoms with Crippen LogP contribution in [0.2, 0.25) is 0 Å². The van der Waals surface area contributed by atoms with Crippen LogP contribution in [0.3, 0.4) is 0 Å². The number of hydrogen-bond acceptors (Lipinski definition) is 4. The van der Waals surface area contributed by atoms with E-state index < -0.39 is 21.9 Å². The lowest BCUT2D eigenvalue weighted by Crippen LogP contribution is -2.40. The minimum atomic E-state index is -3.92. The van der Waals surface area contributed by atoms with E-state index >= 15 is 0 Å². The summed E-state index contributed by atoms with van der Waals surface area (Å²) in [7, 11) is -1.21. The molecular weight excluding hydrogens is 298 g/mol. The van der Waals surface area contributed by atoms with Gasteiger partial charge in [-0.3, -0.25) is 4.79 Å². The molecule has 2 N–H and O–H groups in total. The highest BCUT2D eigenvalue weighted by Gasteiger charge is 2.26. The number of likely N-dealkylation sites (N-methyl/N-ethyl adjacent to an activating group) is 1. The Morgan fingerprint density at radius 1 is 1.43 bits per heavy atom. The van der Waals surface area contributed by atoms with Gasteiger partial charge in [-0.2, -0.15) is 4.31 Å². The van der Waals surface area contributed by atoms with Crippen molar-refractivity contribution in [1.29, 1.82) is 0 Å². The van der Waals surface area contributed by atoms with Crippen molar-refractivity contribution < 1.29 is 23.1 Å². The molecule has 8 nitrogen and oxygen atoms in total. The van der Waals surface area contributed by atoms with Crippen LogP contribution >= 0.6 is 0 Å². The van der Waals surface area contributed by atoms with Crippen molar-refractivity contribution >= 4 is 21.9 Å². The van der Waals surface area contributed by atoms with Gasteiger partial charge in [0.1, 0.15) is 10.6 Å². The number of carboxylic acids is 1. The SMILES string of the molecule is CC(C)NC(=O)CN(C)S(=O)(=O)c1cc(C(=O)O)n(C)c1. The van der Waals surface area contributed by atoms with Crippen LogP contribution in [0.15, 0.2) is 17.2 Å². The number of nitrogens with zero attached hydrogens (tertiary/aromatic N) is 2. The van der Waals surface area contributed by atoms with Gasteiger partial charge in [0.25, 0.3) is 0 Å². The second-order valence-electron chi connectivity index (χ2n) is 4.96. The van der Waals surface area contributed by atoms with Gasteiger partial charge in [-0.25, -0.2) is 13.2 Å². The standard InChI is InChI=1S/C12H19N3O5S/c1-8(2)13-11(16)7-15(4)21(19,20)9-5-10(12(17)18)14(3)6-9/h5-6,8H,7H2,1-4H3,(H,13,16)(H,17,18). The summed E-state index contributed by atoms with van der Waals surface area (Å²) in [5.41, 5.74) is -0.145. The average Bonchev–Trinajstić information content (AvgIpc) is 2.70. The summed E-state index contributed by atoms with van der Waals surface area (Å²) in [6.45, 7) is 3.20. The zero-order valence-corrected chi connectivity index (χ0v) is 13.1. The Bertz CT molecular complexity index is 648. The van der Waals surface area contributed by atoms with Gasteiger partial charge in [0.2, 0.25) is 15.9 Å². The molecule has 0 aliphatic rings. The van der Waals surface area contributed by atoms with Gasteiger partial charge in [-0.15, -0.1) is 0 Å². The highest BCUT2D eigenvalue weighted by atomic mass is 32.2. The number of sulfonamides is 1. The van der Waals surface area contributed by atoms with Crippen LogP contribution in [0, 0.1) is 0 Å². The molecule has 0 saturated carbocycles. The number of carboxylic acid groups (broad SMARTS) is 1. The van der Waals surface area contributed by atoms with E-state index in [1.807, 2.05) is 0 Å². The summed E-state index contributed by atoms with van der Waals surface area (Å²) in [5.74, 6) is -1.65. The zero-order valence-electron chi connectivity index (χ0n) is 12.3. The molecule has 0 unspecified atom stereocenters. The first-order chi connectivity index (χ1) is 9.55. The van der Waals surface area contributed by atoms with Gasteiger partial charge >= 0.3 is 5.97 Å². The molecular formula is C12H19N3O5S. The van der Waals surface area contributed by atoms with E-state index in [-0.39, 0.29) is 23.2 Å². The van der Waals surface area contributed by atoms with Crippen LogP contribution in [0.1, 0.15) is 24.3 Å². The van der Waals surface area contributed by atoms with Crippen molar-refractivity contribution in [3.63, 3.8) is 0 Å². The largest absolute Gasteiger partial charge is 0.477 e. The van der Waals surface area contributed by atoms with E-state index in [1.54, 1.807) is 13.8 Å². The van der Waals surface area contributed by atoms with Gasteiger partial charge in [-0.1, -0.05) is 0 Å². The normalized spacial score (nSPS) is 11.9. The van der Waals surface area contributed by atoms with E-state index in [0.717, 1.165) is 10.4 Å². The molecule has 21 heavy (non-hydrogen) atoms. The van der Waals surface area contributed by atoms with Gasteiger partial charge in [0.05, 0.1) is 6.54 Å². The summed E-state index contributed by atoms with van der Waals surface area (Å²) in [6.07, 6.45) is 1.20. The molecule has 0 fully saturated rings. The Kier molecular flexibility index (Phi) is 5.13. The Morgan fingerprint density at radius 2 is 2.00 bits per heavy atom. The maximum atomic E-state index is 12.3. The van der Waals surface area contributed by atoms with Gasteiger partial charge in [0.15, 0.2) is 0 Å². The Balaban J connectivity index is 2.97. The van der Waals surface area contributed by atoms with Crippen molar-refractivity contribution in [1.82, 2.24) is 14.2 Å². The van der Waals surface area contributed by atoms with Crippen LogP contribution in [0.4, 0.5) is 0 Å². The highest BCUT2D eigenvalue weighted by molar-refractivity contribution is 7.89. The van der Waals surface area contributed by atoms with Gasteiger partial charge in [-0.05, 0) is 19.9 Å². The van der Waals surface area contributed by atoms with Crippen LogP contribution < -0.4 is 5.32 Å². The molecule has 118 valence electrons. The third-order valence-electron chi connectivity index (χ3n) is 2.72. The fourth-order valence-corrected chi connectivity index (χ4v) is 2.92. The molecule has 1 rings (SSSR count). The van der Waals surface area contributed by atoms with E-state index in [9.17, 15) is 18.0 Å². The number of aryl methyl sites for hydroxylation is 1. The van der Waals surface area contributed by atoms with Crippen LogP contribution in [-0.4, -0.2) is 53.9 Å². The topological polar surface area (TPSA) is 109 Å². The molecule has 1 aromatic rings. The van der Waals surface area contributed by atoms with Crippen molar-refractivity contribution in [2.45, 2.75) is 24.8 Å². The lowest BCUT2D eigenvalue weighted by atomic mass is 10.4. The van der Waals surface area contributed by atoms with Gasteiger partial charge in [0, 0.05) is 26.3 Å². The van der Waals surface area contributed by atoms with Crippen LogP contribution in [-0.2, 0) is 21.9 Å². The maximum Gasteiger partial charge on any atom is 0.352 e. The first-order valence-corrected chi connectivity index (χ1v) is 7.65. The van der Waals surface area contributed by atoms with Crippen molar-refractivity contribution in [2.24, 2.45) is 7.05 Å². The van der Waals surface area contributed by atoms with Crippen molar-refractivity contribution in [2.75, 3.05) is 13.6 Å². The maximum absolute atomic E-state index is 12.3.